The van der Waals surface area contributed by atoms with Crippen molar-refractivity contribution < 1.29 is 13.2 Å². The molecule has 1 fully saturated rings. The molecule has 2 atom stereocenters. The molecule has 162 valence electrons. The Kier molecular flexibility index (Phi) is 5.87. The highest BCUT2D eigenvalue weighted by Crippen LogP contribution is 2.45. The summed E-state index contributed by atoms with van der Waals surface area (Å²) in [6.45, 7) is 2.07. The minimum atomic E-state index is -3.44. The summed E-state index contributed by atoms with van der Waals surface area (Å²) in [6, 6.07) is 15.1. The number of thiophene rings is 1. The molecule has 7 nitrogen and oxygen atoms in total. The number of rotatable bonds is 6. The van der Waals surface area contributed by atoms with Crippen LogP contribution >= 0.6 is 23.6 Å². The molecule has 2 aromatic heterocycles. The molecular weight excluding hydrogens is 452 g/mol. The second-order valence-electron chi connectivity index (χ2n) is 7.20. The Hall–Kier alpha value is -2.69. The maximum Gasteiger partial charge on any atom is 0.229 e. The van der Waals surface area contributed by atoms with Crippen molar-refractivity contribution in [3.63, 3.8) is 0 Å². The summed E-state index contributed by atoms with van der Waals surface area (Å²) in [5.41, 5.74) is 2.06. The first-order valence-corrected chi connectivity index (χ1v) is 12.6. The standard InChI is InChI=1S/C21H22N4O3S3/c1-13-7-10-18(30-13)20-19(16-6-4-5-11-22-16)23-21(29)25(20)14-8-9-15(17(12-14)28-2)24-31(3,26)27/h4-12,19-20,24H,1-3H3,(H,23,29)/t19-,20+/m0/s1. The Balaban J connectivity index is 1.79. The summed E-state index contributed by atoms with van der Waals surface area (Å²) in [7, 11) is -1.93. The second kappa shape index (κ2) is 8.45. The van der Waals surface area contributed by atoms with Crippen LogP contribution in [0.15, 0.2) is 54.7 Å². The first-order chi connectivity index (χ1) is 14.8. The Bertz CT molecular complexity index is 1210. The molecule has 1 aromatic carbocycles. The van der Waals surface area contributed by atoms with Gasteiger partial charge in [-0.3, -0.25) is 9.71 Å². The third-order valence-corrected chi connectivity index (χ3v) is 6.89. The fourth-order valence-electron chi connectivity index (χ4n) is 3.65. The van der Waals surface area contributed by atoms with Crippen molar-refractivity contribution in [3.8, 4) is 5.75 Å². The molecule has 0 spiro atoms. The molecule has 2 N–H and O–H groups in total. The van der Waals surface area contributed by atoms with Gasteiger partial charge in [0.2, 0.25) is 10.0 Å². The SMILES string of the molecule is COc1cc(N2C(=S)N[C@@H](c3ccccn3)[C@H]2c2ccc(C)s2)ccc1NS(C)(=O)=O. The zero-order chi connectivity index (χ0) is 22.2. The molecule has 0 radical (unpaired) electrons. The number of benzene rings is 1. The summed E-state index contributed by atoms with van der Waals surface area (Å²) in [6.07, 6.45) is 2.88. The van der Waals surface area contributed by atoms with Gasteiger partial charge in [0.15, 0.2) is 5.11 Å². The van der Waals surface area contributed by atoms with Gasteiger partial charge in [-0.05, 0) is 55.5 Å². The molecule has 0 bridgehead atoms. The van der Waals surface area contributed by atoms with Crippen LogP contribution in [0.2, 0.25) is 0 Å². The van der Waals surface area contributed by atoms with E-state index in [1.54, 1.807) is 29.7 Å². The number of sulfonamides is 1. The fourth-order valence-corrected chi connectivity index (χ4v) is 5.57. The van der Waals surface area contributed by atoms with Gasteiger partial charge in [0, 0.05) is 27.7 Å². The third kappa shape index (κ3) is 4.51. The van der Waals surface area contributed by atoms with E-state index in [1.807, 2.05) is 29.2 Å². The van der Waals surface area contributed by atoms with Crippen molar-refractivity contribution in [2.45, 2.75) is 19.0 Å². The third-order valence-electron chi connectivity index (χ3n) is 4.91. The molecule has 3 aromatic rings. The van der Waals surface area contributed by atoms with Crippen molar-refractivity contribution in [1.29, 1.82) is 0 Å². The van der Waals surface area contributed by atoms with Crippen LogP contribution in [-0.2, 0) is 10.0 Å². The highest BCUT2D eigenvalue weighted by molar-refractivity contribution is 7.92. The van der Waals surface area contributed by atoms with Gasteiger partial charge < -0.3 is 15.0 Å². The average Bonchev–Trinajstić information content (AvgIpc) is 3.30. The Morgan fingerprint density at radius 3 is 2.65 bits per heavy atom. The van der Waals surface area contributed by atoms with Gasteiger partial charge in [0.1, 0.15) is 5.75 Å². The lowest BCUT2D eigenvalue weighted by Crippen LogP contribution is -2.29. The van der Waals surface area contributed by atoms with Gasteiger partial charge >= 0.3 is 0 Å². The summed E-state index contributed by atoms with van der Waals surface area (Å²) in [4.78, 5) is 8.94. The molecular formula is C21H22N4O3S3. The van der Waals surface area contributed by atoms with E-state index in [1.165, 1.54) is 12.0 Å². The minimum Gasteiger partial charge on any atom is -0.494 e. The summed E-state index contributed by atoms with van der Waals surface area (Å²) < 4.78 is 31.3. The number of nitrogens with zero attached hydrogens (tertiary/aromatic N) is 2. The van der Waals surface area contributed by atoms with Crippen LogP contribution in [0.1, 0.15) is 27.5 Å². The predicted molar refractivity (Wildman–Crippen MR) is 128 cm³/mol. The van der Waals surface area contributed by atoms with E-state index in [0.717, 1.165) is 22.5 Å². The number of hydrogen-bond donors (Lipinski definition) is 2. The lowest BCUT2D eigenvalue weighted by atomic mass is 10.0. The predicted octanol–water partition coefficient (Wildman–Crippen LogP) is 4.01. The number of anilines is 2. The van der Waals surface area contributed by atoms with Crippen LogP contribution < -0.4 is 19.7 Å². The molecule has 3 heterocycles. The summed E-state index contributed by atoms with van der Waals surface area (Å²) in [5.74, 6) is 0.410. The molecule has 1 aliphatic rings. The molecule has 1 saturated heterocycles. The lowest BCUT2D eigenvalue weighted by Gasteiger charge is -2.27. The van der Waals surface area contributed by atoms with Crippen LogP contribution in [-0.4, -0.2) is 31.9 Å². The van der Waals surface area contributed by atoms with E-state index in [2.05, 4.69) is 34.1 Å². The van der Waals surface area contributed by atoms with Gasteiger partial charge in [-0.1, -0.05) is 6.07 Å². The van der Waals surface area contributed by atoms with E-state index < -0.39 is 10.0 Å². The van der Waals surface area contributed by atoms with Crippen LogP contribution in [0.5, 0.6) is 5.75 Å². The molecule has 0 amide bonds. The van der Waals surface area contributed by atoms with E-state index in [0.29, 0.717) is 16.5 Å². The van der Waals surface area contributed by atoms with Crippen LogP contribution in [0.4, 0.5) is 11.4 Å². The number of aromatic nitrogens is 1. The fraction of sp³-hybridized carbons (Fsp3) is 0.238. The molecule has 1 aliphatic heterocycles. The molecule has 10 heteroatoms. The van der Waals surface area contributed by atoms with E-state index in [-0.39, 0.29) is 12.1 Å². The lowest BCUT2D eigenvalue weighted by molar-refractivity contribution is 0.417. The number of thiocarbonyl (C=S) groups is 1. The Labute approximate surface area is 191 Å². The minimum absolute atomic E-state index is 0.112. The summed E-state index contributed by atoms with van der Waals surface area (Å²) >= 11 is 7.44. The molecule has 0 unspecified atom stereocenters. The average molecular weight is 475 g/mol. The smallest absolute Gasteiger partial charge is 0.229 e. The number of methoxy groups -OCH3 is 1. The number of ether oxygens (including phenoxy) is 1. The largest absolute Gasteiger partial charge is 0.494 e. The number of pyridine rings is 1. The van der Waals surface area contributed by atoms with Crippen LogP contribution in [0.25, 0.3) is 0 Å². The topological polar surface area (TPSA) is 83.6 Å². The van der Waals surface area contributed by atoms with E-state index in [9.17, 15) is 8.42 Å². The Morgan fingerprint density at radius 1 is 1.23 bits per heavy atom. The van der Waals surface area contributed by atoms with Gasteiger partial charge in [0.05, 0.1) is 36.8 Å². The molecule has 31 heavy (non-hydrogen) atoms. The summed E-state index contributed by atoms with van der Waals surface area (Å²) in [5, 5.41) is 3.98. The van der Waals surface area contributed by atoms with Gasteiger partial charge in [-0.15, -0.1) is 11.3 Å². The normalized spacial score (nSPS) is 18.7. The van der Waals surface area contributed by atoms with E-state index >= 15 is 0 Å². The van der Waals surface area contributed by atoms with Crippen molar-refractivity contribution in [2.75, 3.05) is 23.0 Å². The zero-order valence-electron chi connectivity index (χ0n) is 17.2. The van der Waals surface area contributed by atoms with Crippen molar-refractivity contribution in [2.24, 2.45) is 0 Å². The maximum absolute atomic E-state index is 11.7. The zero-order valence-corrected chi connectivity index (χ0v) is 19.6. The highest BCUT2D eigenvalue weighted by atomic mass is 32.2. The number of aryl methyl sites for hydroxylation is 1. The molecule has 4 rings (SSSR count). The number of nitrogens with one attached hydrogen (secondary N) is 2. The first kappa shape index (κ1) is 21.5. The molecule has 0 saturated carbocycles. The molecule has 0 aliphatic carbocycles. The first-order valence-electron chi connectivity index (χ1n) is 9.49. The quantitative estimate of drug-likeness (QED) is 0.522. The van der Waals surface area contributed by atoms with Gasteiger partial charge in [-0.2, -0.15) is 0 Å². The maximum atomic E-state index is 11.7. The van der Waals surface area contributed by atoms with Crippen LogP contribution in [0.3, 0.4) is 0 Å². The van der Waals surface area contributed by atoms with Crippen molar-refractivity contribution in [1.82, 2.24) is 10.3 Å². The van der Waals surface area contributed by atoms with Gasteiger partial charge in [-0.25, -0.2) is 8.42 Å². The highest BCUT2D eigenvalue weighted by Gasteiger charge is 2.41. The Morgan fingerprint density at radius 2 is 2.03 bits per heavy atom. The monoisotopic (exact) mass is 474 g/mol. The van der Waals surface area contributed by atoms with Gasteiger partial charge in [0.25, 0.3) is 0 Å². The van der Waals surface area contributed by atoms with Crippen LogP contribution in [0, 0.1) is 6.92 Å². The number of hydrogen-bond acceptors (Lipinski definition) is 6. The second-order valence-corrected chi connectivity index (χ2v) is 10.7. The van der Waals surface area contributed by atoms with Crippen molar-refractivity contribution >= 4 is 50.1 Å². The van der Waals surface area contributed by atoms with Crippen molar-refractivity contribution in [3.05, 3.63) is 70.2 Å². The van der Waals surface area contributed by atoms with E-state index in [4.69, 9.17) is 17.0 Å².